The number of amides is 1. The number of benzene rings is 1. The third kappa shape index (κ3) is 2.83. The van der Waals surface area contributed by atoms with Gasteiger partial charge in [0, 0.05) is 16.6 Å². The lowest BCUT2D eigenvalue weighted by Crippen LogP contribution is -2.16. The van der Waals surface area contributed by atoms with E-state index in [-0.39, 0.29) is 0 Å². The number of carbonyl (C=O) groups excluding carboxylic acids is 1. The summed E-state index contributed by atoms with van der Waals surface area (Å²) in [6.45, 7) is 6.42. The average Bonchev–Trinajstić information content (AvgIpc) is 2.68. The third-order valence-electron chi connectivity index (χ3n) is 2.58. The molecule has 0 unspecified atom stereocenters. The number of hydrogen-bond acceptors (Lipinski definition) is 2. The van der Waals surface area contributed by atoms with Gasteiger partial charge in [-0.25, -0.2) is 4.79 Å². The van der Waals surface area contributed by atoms with Gasteiger partial charge in [0.2, 0.25) is 0 Å². The molecule has 0 aliphatic rings. The molecule has 0 bridgehead atoms. The predicted molar refractivity (Wildman–Crippen MR) is 72.8 cm³/mol. The smallest absolute Gasteiger partial charge is 0.411 e. The third-order valence-corrected chi connectivity index (χ3v) is 2.58. The predicted octanol–water partition coefficient (Wildman–Crippen LogP) is 3.68. The molecule has 2 N–H and O–H groups in total. The van der Waals surface area contributed by atoms with Crippen LogP contribution >= 0.6 is 0 Å². The monoisotopic (exact) mass is 246 g/mol. The molecule has 1 amide bonds. The van der Waals surface area contributed by atoms with Gasteiger partial charge in [-0.2, -0.15) is 0 Å². The van der Waals surface area contributed by atoms with Gasteiger partial charge in [-0.3, -0.25) is 5.32 Å². The summed E-state index contributed by atoms with van der Waals surface area (Å²) in [5.74, 6) is 0.334. The molecule has 0 aliphatic heterocycles. The molecule has 2 rings (SSSR count). The number of fused-ring (bicyclic) bond motifs is 1. The van der Waals surface area contributed by atoms with Crippen molar-refractivity contribution in [3.05, 3.63) is 30.0 Å². The van der Waals surface area contributed by atoms with Gasteiger partial charge in [0.1, 0.15) is 0 Å². The van der Waals surface area contributed by atoms with Crippen LogP contribution in [0.2, 0.25) is 0 Å². The molecule has 0 aliphatic carbocycles. The van der Waals surface area contributed by atoms with Crippen molar-refractivity contribution >= 4 is 22.7 Å². The Morgan fingerprint density at radius 1 is 1.44 bits per heavy atom. The molecule has 0 saturated carbocycles. The fourth-order valence-corrected chi connectivity index (χ4v) is 1.79. The number of aromatic nitrogens is 1. The molecule has 1 aromatic heterocycles. The van der Waals surface area contributed by atoms with E-state index in [4.69, 9.17) is 4.74 Å². The van der Waals surface area contributed by atoms with Crippen LogP contribution in [0.1, 0.15) is 19.5 Å². The summed E-state index contributed by atoms with van der Waals surface area (Å²) >= 11 is 0. The first kappa shape index (κ1) is 12.5. The first-order valence-electron chi connectivity index (χ1n) is 6.08. The lowest BCUT2D eigenvalue weighted by atomic mass is 10.2. The Kier molecular flexibility index (Phi) is 3.55. The summed E-state index contributed by atoms with van der Waals surface area (Å²) in [5.41, 5.74) is 2.84. The molecule has 0 radical (unpaired) electrons. The Morgan fingerprint density at radius 3 is 2.94 bits per heavy atom. The van der Waals surface area contributed by atoms with Crippen LogP contribution in [-0.2, 0) is 4.74 Å². The van der Waals surface area contributed by atoms with Crippen molar-refractivity contribution in [1.29, 1.82) is 0 Å². The number of ether oxygens (including phenoxy) is 1. The Bertz CT molecular complexity index is 558. The molecule has 1 heterocycles. The summed E-state index contributed by atoms with van der Waals surface area (Å²) < 4.78 is 5.10. The largest absolute Gasteiger partial charge is 0.449 e. The van der Waals surface area contributed by atoms with Crippen molar-refractivity contribution in [3.8, 4) is 0 Å². The molecule has 0 fully saturated rings. The number of nitrogens with one attached hydrogen (secondary N) is 2. The van der Waals surface area contributed by atoms with E-state index in [1.54, 1.807) is 0 Å². The molecular formula is C14H18N2O2. The van der Waals surface area contributed by atoms with Crippen molar-refractivity contribution < 1.29 is 9.53 Å². The van der Waals surface area contributed by atoms with Crippen LogP contribution in [0.3, 0.4) is 0 Å². The lowest BCUT2D eigenvalue weighted by molar-refractivity contribution is 0.147. The highest BCUT2D eigenvalue weighted by molar-refractivity contribution is 5.99. The first-order chi connectivity index (χ1) is 8.56. The van der Waals surface area contributed by atoms with Crippen LogP contribution in [0, 0.1) is 12.8 Å². The SMILES string of the molecule is Cc1cc2c(NC(=O)OCC(C)C)cccc2[nH]1. The van der Waals surface area contributed by atoms with Gasteiger partial charge >= 0.3 is 6.09 Å². The Labute approximate surface area is 106 Å². The van der Waals surface area contributed by atoms with Gasteiger partial charge in [0.15, 0.2) is 0 Å². The number of rotatable bonds is 3. The van der Waals surface area contributed by atoms with Crippen molar-refractivity contribution in [1.82, 2.24) is 4.98 Å². The van der Waals surface area contributed by atoms with Gasteiger partial charge < -0.3 is 9.72 Å². The van der Waals surface area contributed by atoms with Crippen LogP contribution in [0.25, 0.3) is 10.9 Å². The van der Waals surface area contributed by atoms with Crippen molar-refractivity contribution in [2.24, 2.45) is 5.92 Å². The summed E-state index contributed by atoms with van der Waals surface area (Å²) in [5, 5.41) is 3.77. The Balaban J connectivity index is 2.14. The fourth-order valence-electron chi connectivity index (χ4n) is 1.79. The highest BCUT2D eigenvalue weighted by Crippen LogP contribution is 2.24. The minimum absolute atomic E-state index is 0.334. The number of hydrogen-bond donors (Lipinski definition) is 2. The van der Waals surface area contributed by atoms with Gasteiger partial charge in [-0.15, -0.1) is 0 Å². The maximum Gasteiger partial charge on any atom is 0.411 e. The van der Waals surface area contributed by atoms with Gasteiger partial charge in [-0.05, 0) is 31.0 Å². The fraction of sp³-hybridized carbons (Fsp3) is 0.357. The zero-order valence-electron chi connectivity index (χ0n) is 10.9. The summed E-state index contributed by atoms with van der Waals surface area (Å²) in [4.78, 5) is 14.9. The maximum absolute atomic E-state index is 11.6. The van der Waals surface area contributed by atoms with E-state index in [2.05, 4.69) is 10.3 Å². The van der Waals surface area contributed by atoms with Gasteiger partial charge in [0.05, 0.1) is 12.3 Å². The highest BCUT2D eigenvalue weighted by Gasteiger charge is 2.08. The molecule has 2 aromatic rings. The van der Waals surface area contributed by atoms with Crippen molar-refractivity contribution in [3.63, 3.8) is 0 Å². The van der Waals surface area contributed by atoms with Gasteiger partial charge in [0.25, 0.3) is 0 Å². The zero-order chi connectivity index (χ0) is 13.1. The standard InChI is InChI=1S/C14H18N2O2/c1-9(2)8-18-14(17)16-13-6-4-5-12-11(13)7-10(3)15-12/h4-7,9,15H,8H2,1-3H3,(H,16,17). The van der Waals surface area contributed by atoms with E-state index >= 15 is 0 Å². The number of anilines is 1. The summed E-state index contributed by atoms with van der Waals surface area (Å²) in [6.07, 6.45) is -0.407. The lowest BCUT2D eigenvalue weighted by Gasteiger charge is -2.09. The Hall–Kier alpha value is -1.97. The highest BCUT2D eigenvalue weighted by atomic mass is 16.5. The quantitative estimate of drug-likeness (QED) is 0.868. The second-order valence-corrected chi connectivity index (χ2v) is 4.84. The Morgan fingerprint density at radius 2 is 2.22 bits per heavy atom. The molecule has 4 heteroatoms. The van der Waals surface area contributed by atoms with Crippen molar-refractivity contribution in [2.75, 3.05) is 11.9 Å². The number of H-pyrrole nitrogens is 1. The number of aryl methyl sites for hydroxylation is 1. The van der Waals surface area contributed by atoms with E-state index in [0.717, 1.165) is 22.3 Å². The normalized spacial score (nSPS) is 10.9. The van der Waals surface area contributed by atoms with Crippen molar-refractivity contribution in [2.45, 2.75) is 20.8 Å². The maximum atomic E-state index is 11.6. The molecule has 18 heavy (non-hydrogen) atoms. The molecule has 0 saturated heterocycles. The molecule has 1 aromatic carbocycles. The minimum atomic E-state index is -0.407. The second-order valence-electron chi connectivity index (χ2n) is 4.84. The van der Waals surface area contributed by atoms with E-state index in [1.807, 2.05) is 45.0 Å². The van der Waals surface area contributed by atoms with E-state index in [0.29, 0.717) is 12.5 Å². The molecule has 4 nitrogen and oxygen atoms in total. The average molecular weight is 246 g/mol. The van der Waals surface area contributed by atoms with Crippen LogP contribution in [-0.4, -0.2) is 17.7 Å². The number of carbonyl (C=O) groups is 1. The summed E-state index contributed by atoms with van der Waals surface area (Å²) in [6, 6.07) is 7.75. The molecular weight excluding hydrogens is 228 g/mol. The topological polar surface area (TPSA) is 54.1 Å². The molecule has 96 valence electrons. The van der Waals surface area contributed by atoms with Gasteiger partial charge in [-0.1, -0.05) is 19.9 Å². The van der Waals surface area contributed by atoms with Crippen LogP contribution < -0.4 is 5.32 Å². The second kappa shape index (κ2) is 5.12. The first-order valence-corrected chi connectivity index (χ1v) is 6.08. The number of aromatic amines is 1. The van der Waals surface area contributed by atoms with E-state index in [1.165, 1.54) is 0 Å². The van der Waals surface area contributed by atoms with E-state index in [9.17, 15) is 4.79 Å². The molecule has 0 spiro atoms. The van der Waals surface area contributed by atoms with Crippen LogP contribution in [0.4, 0.5) is 10.5 Å². The summed E-state index contributed by atoms with van der Waals surface area (Å²) in [7, 11) is 0. The zero-order valence-corrected chi connectivity index (χ0v) is 10.9. The van der Waals surface area contributed by atoms with Crippen LogP contribution in [0.5, 0.6) is 0 Å². The minimum Gasteiger partial charge on any atom is -0.449 e. The van der Waals surface area contributed by atoms with E-state index < -0.39 is 6.09 Å². The molecule has 0 atom stereocenters. The van der Waals surface area contributed by atoms with Crippen LogP contribution in [0.15, 0.2) is 24.3 Å².